The molecular formula is C75H96N11O29P3S3. The van der Waals surface area contributed by atoms with Gasteiger partial charge in [-0.25, -0.2) is 42.8 Å². The third kappa shape index (κ3) is 30.8. The third-order valence-electron chi connectivity index (χ3n) is 19.1. The Bertz CT molecular complexity index is 4710. The highest BCUT2D eigenvalue weighted by Crippen LogP contribution is 2.66. The number of alkyl carbamates (subject to hydrolysis) is 2. The molecular weight excluding hydrogens is 1710 g/mol. The normalized spacial score (nSPS) is 16.6. The Balaban J connectivity index is 0.000000371. The van der Waals surface area contributed by atoms with E-state index in [9.17, 15) is 86.4 Å². The summed E-state index contributed by atoms with van der Waals surface area (Å²) in [4.78, 5) is 178. The highest BCUT2D eigenvalue weighted by molar-refractivity contribution is 8.76. The summed E-state index contributed by atoms with van der Waals surface area (Å²) in [5.74, 6) is -6.82. The van der Waals surface area contributed by atoms with E-state index in [0.29, 0.717) is 80.3 Å². The van der Waals surface area contributed by atoms with Crippen molar-refractivity contribution in [3.63, 3.8) is 0 Å². The Labute approximate surface area is 706 Å². The first-order valence-corrected chi connectivity index (χ1v) is 45.9. The van der Waals surface area contributed by atoms with Crippen LogP contribution in [0.2, 0.25) is 0 Å². The molecule has 2 aliphatic carbocycles. The fourth-order valence-corrected chi connectivity index (χ4v) is 18.8. The van der Waals surface area contributed by atoms with Crippen LogP contribution in [0.25, 0.3) is 33.3 Å². The number of rotatable bonds is 49. The van der Waals surface area contributed by atoms with Crippen LogP contribution in [0.5, 0.6) is 0 Å². The lowest BCUT2D eigenvalue weighted by molar-refractivity contribution is -0.144. The number of amides is 7. The van der Waals surface area contributed by atoms with Crippen molar-refractivity contribution in [3.8, 4) is 22.3 Å². The van der Waals surface area contributed by atoms with E-state index < -0.39 is 139 Å². The maximum Gasteiger partial charge on any atom is 0.490 e. The molecule has 1 aliphatic heterocycles. The van der Waals surface area contributed by atoms with Gasteiger partial charge < -0.3 is 107 Å². The zero-order chi connectivity index (χ0) is 88.0. The molecule has 658 valence electrons. The number of carboxylic acids is 4. The molecule has 9 atom stereocenters. The molecule has 0 saturated carbocycles. The summed E-state index contributed by atoms with van der Waals surface area (Å²) >= 11 is 4.18. The number of aromatic nitrogens is 3. The number of nitrogens with one attached hydrogen (secondary N) is 7. The highest BCUT2D eigenvalue weighted by Gasteiger charge is 2.44. The van der Waals surface area contributed by atoms with Gasteiger partial charge >= 0.3 is 59.5 Å². The molecule has 3 aliphatic rings. The molecule has 3 heterocycles. The van der Waals surface area contributed by atoms with E-state index in [1.807, 2.05) is 97.1 Å². The Morgan fingerprint density at radius 2 is 1.02 bits per heavy atom. The number of carbonyl (C=O) groups is 11. The number of ether oxygens (including phenoxy) is 3. The van der Waals surface area contributed by atoms with Crippen molar-refractivity contribution in [2.45, 2.75) is 157 Å². The van der Waals surface area contributed by atoms with E-state index in [4.69, 9.17) is 45.1 Å². The number of carbonyl (C=O) groups excluding carboxylic acids is 7. The molecule has 18 N–H and O–H groups in total. The largest absolute Gasteiger partial charge is 0.490 e. The number of aliphatic hydroxyl groups excluding tert-OH is 1. The van der Waals surface area contributed by atoms with Crippen molar-refractivity contribution in [3.05, 3.63) is 137 Å². The molecule has 0 bridgehead atoms. The first-order chi connectivity index (χ1) is 57.6. The lowest BCUT2D eigenvalue weighted by atomic mass is 9.98. The molecule has 4 aromatic carbocycles. The molecule has 0 radical (unpaired) electrons. The maximum atomic E-state index is 13.5. The van der Waals surface area contributed by atoms with Crippen molar-refractivity contribution in [1.29, 1.82) is 0 Å². The van der Waals surface area contributed by atoms with Gasteiger partial charge in [0.05, 0.1) is 18.1 Å². The summed E-state index contributed by atoms with van der Waals surface area (Å²) in [6.07, 6.45) is 0.304. The number of aryl methyl sites for hydroxylation is 1. The van der Waals surface area contributed by atoms with Crippen molar-refractivity contribution in [2.24, 2.45) is 0 Å². The summed E-state index contributed by atoms with van der Waals surface area (Å²) in [5, 5.41) is 65.4. The van der Waals surface area contributed by atoms with Crippen LogP contribution in [-0.2, 0) is 90.6 Å². The van der Waals surface area contributed by atoms with Gasteiger partial charge in [0.25, 0.3) is 0 Å². The Morgan fingerprint density at radius 1 is 0.545 bits per heavy atom. The van der Waals surface area contributed by atoms with Gasteiger partial charge in [0.15, 0.2) is 0 Å². The van der Waals surface area contributed by atoms with E-state index in [-0.39, 0.29) is 106 Å². The Morgan fingerprint density at radius 3 is 1.49 bits per heavy atom. The molecule has 9 rings (SSSR count). The number of nitrogens with two attached hydrogens (primary N) is 1. The van der Waals surface area contributed by atoms with Crippen LogP contribution in [0.4, 0.5) is 15.4 Å². The average molecular weight is 1800 g/mol. The Hall–Kier alpha value is -9.55. The lowest BCUT2D eigenvalue weighted by Gasteiger charge is -2.19. The average Bonchev–Trinajstić information content (AvgIpc) is 1.63. The molecule has 0 spiro atoms. The topological polar surface area (TPSA) is 617 Å². The molecule has 2 aromatic heterocycles. The van der Waals surface area contributed by atoms with Gasteiger partial charge in [0, 0.05) is 93.5 Å². The monoisotopic (exact) mass is 1800 g/mol. The number of aliphatic hydroxyl groups is 1. The Kier molecular flexibility index (Phi) is 37.8. The summed E-state index contributed by atoms with van der Waals surface area (Å²) in [5.41, 5.74) is 15.7. The maximum absolute atomic E-state index is 13.5. The van der Waals surface area contributed by atoms with Gasteiger partial charge in [0.1, 0.15) is 67.5 Å². The minimum Gasteiger partial charge on any atom is -0.481 e. The van der Waals surface area contributed by atoms with Gasteiger partial charge in [-0.2, -0.15) is 21.3 Å². The van der Waals surface area contributed by atoms with E-state index in [1.54, 1.807) is 10.8 Å². The van der Waals surface area contributed by atoms with Crippen LogP contribution in [0.15, 0.2) is 110 Å². The number of nitrogens with zero attached hydrogens (tertiary/aromatic N) is 3. The van der Waals surface area contributed by atoms with Crippen molar-refractivity contribution in [2.75, 3.05) is 62.4 Å². The molecule has 40 nitrogen and oxygen atoms in total. The predicted molar refractivity (Wildman–Crippen MR) is 441 cm³/mol. The molecule has 6 aromatic rings. The zero-order valence-corrected chi connectivity index (χ0v) is 70.2. The number of benzene rings is 4. The van der Waals surface area contributed by atoms with Gasteiger partial charge in [-0.15, -0.1) is 0 Å². The van der Waals surface area contributed by atoms with Crippen molar-refractivity contribution < 1.29 is 139 Å². The fraction of sp³-hybridized carbons (Fsp3) is 0.453. The first-order valence-electron chi connectivity index (χ1n) is 38.2. The van der Waals surface area contributed by atoms with Crippen molar-refractivity contribution >= 4 is 140 Å². The van der Waals surface area contributed by atoms with E-state index in [0.717, 1.165) is 44.5 Å². The zero-order valence-electron chi connectivity index (χ0n) is 65.0. The second-order valence-electron chi connectivity index (χ2n) is 27.9. The molecule has 7 amide bonds. The number of carboxylic acid groups (broad SMARTS) is 4. The van der Waals surface area contributed by atoms with Crippen LogP contribution >= 0.6 is 57.7 Å². The minimum atomic E-state index is -5.77. The summed E-state index contributed by atoms with van der Waals surface area (Å²) in [6, 6.07) is 27.1. The smallest absolute Gasteiger partial charge is 0.481 e. The lowest BCUT2D eigenvalue weighted by Crippen LogP contribution is -2.48. The number of nitrogen functional groups attached to an aromatic ring is 1. The van der Waals surface area contributed by atoms with Crippen LogP contribution in [0.3, 0.4) is 0 Å². The van der Waals surface area contributed by atoms with Crippen LogP contribution < -0.4 is 43.0 Å². The van der Waals surface area contributed by atoms with Gasteiger partial charge in [0.2, 0.25) is 29.5 Å². The SMILES string of the molecule is Nc1ncnc2c1c(CCCNC(=O)CCSSCC(NC(=O)OCC1c3ccccc3-c3ccccc31)C(=O)NCCCCCC(=O)NC(CCC(=O)O)C(=O)O)cn2[C@H]1C[C@@H](O)[C@@H](COP(=O)(O)OP(=O)(O)OP(=O)(O)O)O1.O=C(O)CCC(NC(=O)CCCCCNC(=O)C(CS)NC(=O)OCC1c2ccccc2-c2ccccc21)C(=O)O. The van der Waals surface area contributed by atoms with Crippen LogP contribution in [0.1, 0.15) is 142 Å². The molecule has 1 fully saturated rings. The standard InChI is InChI=1S/C46H61N8O21P3S2.C29H35N3O8S/c47-42-41-27(22-54(43(41)51-26-50-42)39-21-35(55)36(73-39)24-72-77(67,68)75-78(69,70)74-76(64,65)66)9-8-19-48-37(56)17-20-79-80-25-34(44(60)49-18-7-1-2-14-38(57)52-33(45(61)62)15-16-40(58)59)53-46(63)71-23-32-30-12-5-3-10-28(30)29-11-4-6-13-31(29)32;33-25(31-23(28(37)38)13-14-26(34)35)12-2-1-7-15-30-27(36)24(17-41)32-29(39)40-16-22-20-10-5-3-8-18(20)19-9-4-6-11-21(19)22/h3-6,10-13,22,26,32-36,39,55H,1-2,7-9,14-21,23-25H2,(H,48,56)(H,49,60)(H,52,57)(H,53,63)(H,58,59)(H,61,62)(H,67,68)(H,69,70)(H2,47,50,51)(H2,64,65,66);3-6,8-11,22-24,41H,1-2,7,12-17H2,(H,30,36)(H,31,33)(H,32,39)(H,34,35)(H,37,38)/t33?,34?,35-,36-,39-;/m1./s1. The highest BCUT2D eigenvalue weighted by atomic mass is 33.1. The van der Waals surface area contributed by atoms with Crippen molar-refractivity contribution in [1.82, 2.24) is 51.8 Å². The number of fused-ring (bicyclic) bond motifs is 7. The van der Waals surface area contributed by atoms with Crippen LogP contribution in [-0.4, -0.2) is 218 Å². The van der Waals surface area contributed by atoms with Crippen LogP contribution in [0, 0.1) is 0 Å². The molecule has 46 heteroatoms. The summed E-state index contributed by atoms with van der Waals surface area (Å²) in [6.45, 7) is 0.0157. The quantitative estimate of drug-likeness (QED) is 0.00810. The summed E-state index contributed by atoms with van der Waals surface area (Å²) < 4.78 is 65.6. The number of hydrogen-bond donors (Lipinski definition) is 18. The number of unbranched alkanes of at least 4 members (excludes halogenated alkanes) is 4. The van der Waals surface area contributed by atoms with Gasteiger partial charge in [-0.1, -0.05) is 131 Å². The predicted octanol–water partition coefficient (Wildman–Crippen LogP) is 6.78. The number of thiol groups is 1. The number of anilines is 1. The van der Waals surface area contributed by atoms with Gasteiger partial charge in [-0.05, 0) is 101 Å². The number of hydrogen-bond acceptors (Lipinski definition) is 27. The molecule has 6 unspecified atom stereocenters. The number of phosphoric acid groups is 3. The first kappa shape index (κ1) is 96.9. The van der Waals surface area contributed by atoms with Gasteiger partial charge in [-0.3, -0.25) is 38.1 Å². The second-order valence-corrected chi connectivity index (χ2v) is 35.3. The fourth-order valence-electron chi connectivity index (χ4n) is 13.4. The number of aliphatic carboxylic acids is 4. The summed E-state index contributed by atoms with van der Waals surface area (Å²) in [7, 11) is -14.3. The van der Waals surface area contributed by atoms with E-state index in [2.05, 4.69) is 73.0 Å². The van der Waals surface area contributed by atoms with E-state index >= 15 is 0 Å². The molecule has 1 saturated heterocycles. The second kappa shape index (κ2) is 47.2. The molecule has 121 heavy (non-hydrogen) atoms. The third-order valence-corrected chi connectivity index (χ3v) is 25.7. The number of phosphoric ester groups is 1. The van der Waals surface area contributed by atoms with E-state index in [1.165, 1.54) is 27.9 Å². The minimum absolute atomic E-state index is 0.0115.